The summed E-state index contributed by atoms with van der Waals surface area (Å²) in [7, 11) is -1.78. The number of phenols is 1. The van der Waals surface area contributed by atoms with E-state index < -0.39 is 11.0 Å². The molecule has 1 aromatic rings. The highest BCUT2D eigenvalue weighted by Crippen LogP contribution is 2.32. The first-order chi connectivity index (χ1) is 5.52. The summed E-state index contributed by atoms with van der Waals surface area (Å²) in [5, 5.41) is 14.6. The maximum Gasteiger partial charge on any atom is 0.151 e. The second kappa shape index (κ2) is 3.62. The number of hydrogen-bond acceptors (Lipinski definition) is 2. The highest BCUT2D eigenvalue weighted by molar-refractivity contribution is 7.82. The van der Waals surface area contributed by atoms with Crippen LogP contribution in [0.2, 0.25) is 10.0 Å². The van der Waals surface area contributed by atoms with Gasteiger partial charge in [-0.25, -0.2) is 9.35 Å². The Hall–Kier alpha value is -0.290. The normalized spacial score (nSPS) is 12.9. The lowest BCUT2D eigenvalue weighted by atomic mass is 10.3. The van der Waals surface area contributed by atoms with E-state index in [9.17, 15) is 9.32 Å². The van der Waals surface area contributed by atoms with Gasteiger partial charge in [-0.3, -0.25) is 0 Å². The molecule has 0 aliphatic rings. The molecule has 3 N–H and O–H groups in total. The standard InChI is InChI=1S/C6H5Cl2NO2S/c7-3-1-4(8)6(10)5(2-3)12(9)11/h1-2,10H,9H2. The van der Waals surface area contributed by atoms with Gasteiger partial charge in [-0.2, -0.15) is 0 Å². The van der Waals surface area contributed by atoms with E-state index in [1.54, 1.807) is 0 Å². The van der Waals surface area contributed by atoms with Crippen LogP contribution < -0.4 is 5.14 Å². The third kappa shape index (κ3) is 1.90. The van der Waals surface area contributed by atoms with E-state index in [-0.39, 0.29) is 20.7 Å². The van der Waals surface area contributed by atoms with Crippen molar-refractivity contribution in [3.05, 3.63) is 22.2 Å². The molecule has 0 radical (unpaired) electrons. The molecule has 1 aromatic carbocycles. The van der Waals surface area contributed by atoms with Crippen LogP contribution in [0.3, 0.4) is 0 Å². The zero-order valence-electron chi connectivity index (χ0n) is 5.75. The van der Waals surface area contributed by atoms with Crippen LogP contribution in [-0.4, -0.2) is 9.32 Å². The maximum absolute atomic E-state index is 10.8. The average molecular weight is 226 g/mol. The topological polar surface area (TPSA) is 63.3 Å². The minimum atomic E-state index is -1.78. The van der Waals surface area contributed by atoms with Gasteiger partial charge >= 0.3 is 0 Å². The van der Waals surface area contributed by atoms with E-state index in [0.717, 1.165) is 0 Å². The van der Waals surface area contributed by atoms with E-state index in [2.05, 4.69) is 0 Å². The molecule has 1 rings (SSSR count). The molecule has 3 nitrogen and oxygen atoms in total. The van der Waals surface area contributed by atoms with Gasteiger partial charge in [0.15, 0.2) is 5.75 Å². The molecule has 0 amide bonds. The molecule has 66 valence electrons. The minimum absolute atomic E-state index is 0.0347. The van der Waals surface area contributed by atoms with Crippen molar-refractivity contribution in [3.63, 3.8) is 0 Å². The Labute approximate surface area is 81.7 Å². The summed E-state index contributed by atoms with van der Waals surface area (Å²) in [6.07, 6.45) is 0. The van der Waals surface area contributed by atoms with E-state index in [0.29, 0.717) is 0 Å². The molecule has 0 saturated carbocycles. The van der Waals surface area contributed by atoms with Crippen LogP contribution in [0.4, 0.5) is 0 Å². The number of nitrogens with two attached hydrogens (primary N) is 1. The van der Waals surface area contributed by atoms with Crippen LogP contribution in [0.25, 0.3) is 0 Å². The number of aromatic hydroxyl groups is 1. The highest BCUT2D eigenvalue weighted by atomic mass is 35.5. The lowest BCUT2D eigenvalue weighted by molar-refractivity contribution is 0.461. The molecular formula is C6H5Cl2NO2S. The predicted molar refractivity (Wildman–Crippen MR) is 48.7 cm³/mol. The number of halogens is 2. The Kier molecular flexibility index (Phi) is 2.95. The maximum atomic E-state index is 10.8. The van der Waals surface area contributed by atoms with Crippen LogP contribution in [0.15, 0.2) is 17.0 Å². The van der Waals surface area contributed by atoms with Gasteiger partial charge in [-0.05, 0) is 12.1 Å². The fraction of sp³-hybridized carbons (Fsp3) is 0. The van der Waals surface area contributed by atoms with Crippen molar-refractivity contribution in [2.45, 2.75) is 4.90 Å². The van der Waals surface area contributed by atoms with Crippen molar-refractivity contribution in [3.8, 4) is 5.75 Å². The Balaban J connectivity index is 3.37. The monoisotopic (exact) mass is 225 g/mol. The van der Waals surface area contributed by atoms with Crippen LogP contribution in [0.5, 0.6) is 5.75 Å². The van der Waals surface area contributed by atoms with E-state index >= 15 is 0 Å². The Bertz CT molecular complexity index is 343. The molecule has 0 fully saturated rings. The average Bonchev–Trinajstić information content (AvgIpc) is 1.96. The molecule has 0 aliphatic carbocycles. The molecule has 0 aromatic heterocycles. The third-order valence-electron chi connectivity index (χ3n) is 1.21. The van der Waals surface area contributed by atoms with Gasteiger partial charge in [-0.15, -0.1) is 0 Å². The molecule has 1 unspecified atom stereocenters. The third-order valence-corrected chi connectivity index (χ3v) is 2.46. The van der Waals surface area contributed by atoms with Gasteiger partial charge in [-0.1, -0.05) is 23.2 Å². The van der Waals surface area contributed by atoms with Crippen LogP contribution in [-0.2, 0) is 11.0 Å². The van der Waals surface area contributed by atoms with Gasteiger partial charge in [0.1, 0.15) is 11.0 Å². The largest absolute Gasteiger partial charge is 0.505 e. The van der Waals surface area contributed by atoms with Gasteiger partial charge in [0.05, 0.1) is 9.92 Å². The summed E-state index contributed by atoms with van der Waals surface area (Å²) in [5.74, 6) is -0.290. The SMILES string of the molecule is NS(=O)c1cc(Cl)cc(Cl)c1O. The molecule has 0 aliphatic heterocycles. The fourth-order valence-corrected chi connectivity index (χ4v) is 1.85. The summed E-state index contributed by atoms with van der Waals surface area (Å²) < 4.78 is 10.8. The van der Waals surface area contributed by atoms with Crippen LogP contribution in [0, 0.1) is 0 Å². The van der Waals surface area contributed by atoms with Gasteiger partial charge in [0, 0.05) is 5.02 Å². The molecule has 12 heavy (non-hydrogen) atoms. The van der Waals surface area contributed by atoms with Crippen molar-refractivity contribution in [2.24, 2.45) is 5.14 Å². The first-order valence-electron chi connectivity index (χ1n) is 2.86. The smallest absolute Gasteiger partial charge is 0.151 e. The lowest BCUT2D eigenvalue weighted by Crippen LogP contribution is -2.02. The molecule has 1 atom stereocenters. The Morgan fingerprint density at radius 2 is 2.00 bits per heavy atom. The number of rotatable bonds is 1. The van der Waals surface area contributed by atoms with E-state index in [4.69, 9.17) is 28.3 Å². The molecule has 0 saturated heterocycles. The van der Waals surface area contributed by atoms with Gasteiger partial charge in [0.2, 0.25) is 0 Å². The summed E-state index contributed by atoms with van der Waals surface area (Å²) in [5.41, 5.74) is 0. The number of hydrogen-bond donors (Lipinski definition) is 2. The molecule has 0 heterocycles. The number of benzene rings is 1. The molecule has 0 spiro atoms. The molecule has 0 bridgehead atoms. The zero-order valence-corrected chi connectivity index (χ0v) is 8.08. The van der Waals surface area contributed by atoms with Crippen molar-refractivity contribution < 1.29 is 9.32 Å². The van der Waals surface area contributed by atoms with Crippen molar-refractivity contribution in [2.75, 3.05) is 0 Å². The summed E-state index contributed by atoms with van der Waals surface area (Å²) in [4.78, 5) is 0.0347. The van der Waals surface area contributed by atoms with Crippen LogP contribution in [0.1, 0.15) is 0 Å². The van der Waals surface area contributed by atoms with E-state index in [1.165, 1.54) is 12.1 Å². The van der Waals surface area contributed by atoms with Crippen molar-refractivity contribution in [1.29, 1.82) is 0 Å². The molecular weight excluding hydrogens is 221 g/mol. The first-order valence-corrected chi connectivity index (χ1v) is 4.83. The second-order valence-corrected chi connectivity index (χ2v) is 3.91. The highest BCUT2D eigenvalue weighted by Gasteiger charge is 2.10. The van der Waals surface area contributed by atoms with Crippen LogP contribution >= 0.6 is 23.2 Å². The zero-order chi connectivity index (χ0) is 9.30. The summed E-state index contributed by atoms with van der Waals surface area (Å²) >= 11 is 11.1. The van der Waals surface area contributed by atoms with Gasteiger partial charge in [0.25, 0.3) is 0 Å². The number of phenolic OH excluding ortho intramolecular Hbond substituents is 1. The van der Waals surface area contributed by atoms with E-state index in [1.807, 2.05) is 0 Å². The summed E-state index contributed by atoms with van der Waals surface area (Å²) in [6.45, 7) is 0. The predicted octanol–water partition coefficient (Wildman–Crippen LogP) is 1.68. The second-order valence-electron chi connectivity index (χ2n) is 2.03. The quantitative estimate of drug-likeness (QED) is 0.765. The summed E-state index contributed by atoms with van der Waals surface area (Å²) in [6, 6.07) is 2.65. The van der Waals surface area contributed by atoms with Gasteiger partial charge < -0.3 is 5.11 Å². The molecule has 6 heteroatoms. The lowest BCUT2D eigenvalue weighted by Gasteiger charge is -2.02. The van der Waals surface area contributed by atoms with Crippen molar-refractivity contribution in [1.82, 2.24) is 0 Å². The Morgan fingerprint density at radius 1 is 1.42 bits per heavy atom. The first kappa shape index (κ1) is 9.80. The van der Waals surface area contributed by atoms with Crippen molar-refractivity contribution >= 4 is 34.2 Å². The minimum Gasteiger partial charge on any atom is -0.505 e. The fourth-order valence-electron chi connectivity index (χ4n) is 0.696. The Morgan fingerprint density at radius 3 is 2.50 bits per heavy atom.